The van der Waals surface area contributed by atoms with Gasteiger partial charge in [-0.2, -0.15) is 0 Å². The predicted molar refractivity (Wildman–Crippen MR) is 71.1 cm³/mol. The second-order valence-electron chi connectivity index (χ2n) is 4.81. The van der Waals surface area contributed by atoms with Crippen molar-refractivity contribution >= 4 is 5.91 Å². The molecule has 1 unspecified atom stereocenters. The van der Waals surface area contributed by atoms with Crippen LogP contribution >= 0.6 is 0 Å². The first-order valence-corrected chi connectivity index (χ1v) is 6.00. The molecule has 0 saturated carbocycles. The molecule has 1 amide bonds. The van der Waals surface area contributed by atoms with Crippen LogP contribution in [0.2, 0.25) is 0 Å². The van der Waals surface area contributed by atoms with Crippen molar-refractivity contribution in [1.82, 2.24) is 4.90 Å². The van der Waals surface area contributed by atoms with Gasteiger partial charge in [-0.3, -0.25) is 4.79 Å². The molecule has 0 bridgehead atoms. The summed E-state index contributed by atoms with van der Waals surface area (Å²) in [5.74, 6) is 0.0758. The molecule has 1 aromatic rings. The fourth-order valence-corrected chi connectivity index (χ4v) is 1.67. The number of carbonyl (C=O) groups is 1. The van der Waals surface area contributed by atoms with E-state index < -0.39 is 0 Å². The van der Waals surface area contributed by atoms with Crippen LogP contribution in [0.15, 0.2) is 18.2 Å². The SMILES string of the molecule is Cc1ccc(C)c(C(=O)N(C)CCC(C)N)c1. The Morgan fingerprint density at radius 3 is 2.65 bits per heavy atom. The number of hydrogen-bond acceptors (Lipinski definition) is 2. The molecule has 3 nitrogen and oxygen atoms in total. The van der Waals surface area contributed by atoms with Crippen molar-refractivity contribution in [2.45, 2.75) is 33.2 Å². The number of aryl methyl sites for hydroxylation is 2. The van der Waals surface area contributed by atoms with Crippen LogP contribution in [0, 0.1) is 13.8 Å². The van der Waals surface area contributed by atoms with Crippen LogP contribution in [-0.4, -0.2) is 30.4 Å². The Morgan fingerprint density at radius 1 is 1.41 bits per heavy atom. The molecule has 2 N–H and O–H groups in total. The molecule has 0 aliphatic carbocycles. The van der Waals surface area contributed by atoms with Gasteiger partial charge in [0.05, 0.1) is 0 Å². The molecule has 3 heteroatoms. The van der Waals surface area contributed by atoms with Crippen LogP contribution in [0.4, 0.5) is 0 Å². The second kappa shape index (κ2) is 5.82. The monoisotopic (exact) mass is 234 g/mol. The molecule has 0 fully saturated rings. The Bertz CT molecular complexity index is 399. The smallest absolute Gasteiger partial charge is 0.253 e. The van der Waals surface area contributed by atoms with E-state index in [1.54, 1.807) is 4.90 Å². The lowest BCUT2D eigenvalue weighted by atomic mass is 10.0. The third-order valence-electron chi connectivity index (χ3n) is 2.89. The third-order valence-corrected chi connectivity index (χ3v) is 2.89. The summed E-state index contributed by atoms with van der Waals surface area (Å²) in [5, 5.41) is 0. The standard InChI is InChI=1S/C14H22N2O/c1-10-5-6-11(2)13(9-10)14(17)16(4)8-7-12(3)15/h5-6,9,12H,7-8,15H2,1-4H3. The molecular formula is C14H22N2O. The van der Waals surface area contributed by atoms with Gasteiger partial charge in [-0.05, 0) is 38.8 Å². The molecule has 0 radical (unpaired) electrons. The summed E-state index contributed by atoms with van der Waals surface area (Å²) in [4.78, 5) is 14.0. The quantitative estimate of drug-likeness (QED) is 0.867. The lowest BCUT2D eigenvalue weighted by Gasteiger charge is -2.19. The third kappa shape index (κ3) is 3.86. The number of benzene rings is 1. The average molecular weight is 234 g/mol. The summed E-state index contributed by atoms with van der Waals surface area (Å²) >= 11 is 0. The number of nitrogens with two attached hydrogens (primary N) is 1. The number of rotatable bonds is 4. The Kier molecular flexibility index (Phi) is 4.70. The van der Waals surface area contributed by atoms with Crippen molar-refractivity contribution in [1.29, 1.82) is 0 Å². The summed E-state index contributed by atoms with van der Waals surface area (Å²) in [5.41, 5.74) is 8.62. The van der Waals surface area contributed by atoms with E-state index >= 15 is 0 Å². The lowest BCUT2D eigenvalue weighted by Crippen LogP contribution is -2.31. The first kappa shape index (κ1) is 13.7. The molecule has 0 aliphatic heterocycles. The van der Waals surface area contributed by atoms with Crippen molar-refractivity contribution < 1.29 is 4.79 Å². The molecule has 94 valence electrons. The summed E-state index contributed by atoms with van der Waals surface area (Å²) in [6, 6.07) is 6.08. The van der Waals surface area contributed by atoms with E-state index in [0.717, 1.165) is 23.1 Å². The van der Waals surface area contributed by atoms with Crippen molar-refractivity contribution in [2.75, 3.05) is 13.6 Å². The zero-order chi connectivity index (χ0) is 13.0. The zero-order valence-electron chi connectivity index (χ0n) is 11.2. The minimum atomic E-state index is 0.0758. The Morgan fingerprint density at radius 2 is 2.06 bits per heavy atom. The molecule has 0 aliphatic rings. The highest BCUT2D eigenvalue weighted by Crippen LogP contribution is 2.13. The minimum absolute atomic E-state index is 0.0758. The van der Waals surface area contributed by atoms with Crippen LogP contribution in [0.25, 0.3) is 0 Å². The van der Waals surface area contributed by atoms with E-state index in [9.17, 15) is 4.79 Å². The van der Waals surface area contributed by atoms with Crippen LogP contribution in [0.1, 0.15) is 34.8 Å². The highest BCUT2D eigenvalue weighted by molar-refractivity contribution is 5.95. The summed E-state index contributed by atoms with van der Waals surface area (Å²) < 4.78 is 0. The largest absolute Gasteiger partial charge is 0.342 e. The summed E-state index contributed by atoms with van der Waals surface area (Å²) in [7, 11) is 1.83. The molecule has 0 aromatic heterocycles. The van der Waals surface area contributed by atoms with Gasteiger partial charge in [0.25, 0.3) is 5.91 Å². The van der Waals surface area contributed by atoms with Gasteiger partial charge in [0.2, 0.25) is 0 Å². The molecule has 0 spiro atoms. The Balaban J connectivity index is 2.78. The van der Waals surface area contributed by atoms with E-state index in [4.69, 9.17) is 5.73 Å². The van der Waals surface area contributed by atoms with E-state index in [-0.39, 0.29) is 11.9 Å². The maximum atomic E-state index is 12.2. The highest BCUT2D eigenvalue weighted by Gasteiger charge is 2.14. The summed E-state index contributed by atoms with van der Waals surface area (Å²) in [6.45, 7) is 6.62. The van der Waals surface area contributed by atoms with E-state index in [1.807, 2.05) is 46.0 Å². The maximum Gasteiger partial charge on any atom is 0.253 e. The van der Waals surface area contributed by atoms with Gasteiger partial charge in [-0.15, -0.1) is 0 Å². The molecular weight excluding hydrogens is 212 g/mol. The van der Waals surface area contributed by atoms with Crippen LogP contribution in [0.3, 0.4) is 0 Å². The lowest BCUT2D eigenvalue weighted by molar-refractivity contribution is 0.0791. The van der Waals surface area contributed by atoms with Gasteiger partial charge in [-0.25, -0.2) is 0 Å². The van der Waals surface area contributed by atoms with Crippen LogP contribution in [0.5, 0.6) is 0 Å². The van der Waals surface area contributed by atoms with Crippen molar-refractivity contribution in [3.05, 3.63) is 34.9 Å². The molecule has 1 atom stereocenters. The van der Waals surface area contributed by atoms with Crippen molar-refractivity contribution in [3.8, 4) is 0 Å². The number of nitrogens with zero attached hydrogens (tertiary/aromatic N) is 1. The number of carbonyl (C=O) groups excluding carboxylic acids is 1. The number of amides is 1. The van der Waals surface area contributed by atoms with Crippen molar-refractivity contribution in [2.24, 2.45) is 5.73 Å². The molecule has 17 heavy (non-hydrogen) atoms. The predicted octanol–water partition coefficient (Wildman–Crippen LogP) is 2.11. The maximum absolute atomic E-state index is 12.2. The fourth-order valence-electron chi connectivity index (χ4n) is 1.67. The van der Waals surface area contributed by atoms with Gasteiger partial charge in [-0.1, -0.05) is 17.7 Å². The minimum Gasteiger partial charge on any atom is -0.342 e. The van der Waals surface area contributed by atoms with E-state index in [2.05, 4.69) is 0 Å². The van der Waals surface area contributed by atoms with Gasteiger partial charge in [0, 0.05) is 25.2 Å². The highest BCUT2D eigenvalue weighted by atomic mass is 16.2. The molecule has 0 heterocycles. The van der Waals surface area contributed by atoms with Gasteiger partial charge < -0.3 is 10.6 Å². The average Bonchev–Trinajstić information content (AvgIpc) is 2.28. The fraction of sp³-hybridized carbons (Fsp3) is 0.500. The first-order valence-electron chi connectivity index (χ1n) is 6.00. The van der Waals surface area contributed by atoms with Crippen molar-refractivity contribution in [3.63, 3.8) is 0 Å². The van der Waals surface area contributed by atoms with Crippen LogP contribution in [-0.2, 0) is 0 Å². The number of hydrogen-bond donors (Lipinski definition) is 1. The van der Waals surface area contributed by atoms with E-state index in [0.29, 0.717) is 6.54 Å². The Labute approximate surface area is 104 Å². The second-order valence-corrected chi connectivity index (χ2v) is 4.81. The summed E-state index contributed by atoms with van der Waals surface area (Å²) in [6.07, 6.45) is 0.826. The molecule has 1 aromatic carbocycles. The molecule has 1 rings (SSSR count). The van der Waals surface area contributed by atoms with Gasteiger partial charge in [0.1, 0.15) is 0 Å². The molecule has 0 saturated heterocycles. The van der Waals surface area contributed by atoms with Gasteiger partial charge >= 0.3 is 0 Å². The topological polar surface area (TPSA) is 46.3 Å². The van der Waals surface area contributed by atoms with Gasteiger partial charge in [0.15, 0.2) is 0 Å². The van der Waals surface area contributed by atoms with Crippen LogP contribution < -0.4 is 5.73 Å². The van der Waals surface area contributed by atoms with E-state index in [1.165, 1.54) is 0 Å². The normalized spacial score (nSPS) is 12.3. The Hall–Kier alpha value is -1.35. The first-order chi connectivity index (χ1) is 7.91. The zero-order valence-corrected chi connectivity index (χ0v) is 11.2.